The molecule has 56 heavy (non-hydrogen) atoms. The van der Waals surface area contributed by atoms with E-state index in [9.17, 15) is 25.2 Å². The Morgan fingerprint density at radius 1 is 1.02 bits per heavy atom. The number of carbonyl (C=O) groups is 2. The topological polar surface area (TPSA) is 170 Å². The van der Waals surface area contributed by atoms with Crippen LogP contribution in [0.5, 0.6) is 0 Å². The van der Waals surface area contributed by atoms with E-state index in [1.807, 2.05) is 11.9 Å². The van der Waals surface area contributed by atoms with Crippen molar-refractivity contribution in [1.82, 2.24) is 15.5 Å². The molecule has 5 aliphatic carbocycles. The Morgan fingerprint density at radius 3 is 2.59 bits per heavy atom. The van der Waals surface area contributed by atoms with Crippen LogP contribution in [-0.4, -0.2) is 131 Å². The lowest BCUT2D eigenvalue weighted by Gasteiger charge is -2.67. The van der Waals surface area contributed by atoms with Gasteiger partial charge in [0.05, 0.1) is 40.9 Å². The maximum atomic E-state index is 15.0. The maximum absolute atomic E-state index is 15.0. The molecule has 17 atom stereocenters. The summed E-state index contributed by atoms with van der Waals surface area (Å²) in [4.78, 5) is 30.9. The molecule has 310 valence electrons. The zero-order valence-electron chi connectivity index (χ0n) is 34.0. The summed E-state index contributed by atoms with van der Waals surface area (Å²) in [7, 11) is 3.57. The molecule has 3 saturated carbocycles. The van der Waals surface area contributed by atoms with E-state index in [1.54, 1.807) is 14.0 Å². The van der Waals surface area contributed by atoms with Gasteiger partial charge in [0.2, 0.25) is 5.91 Å². The molecule has 6 fully saturated rings. The van der Waals surface area contributed by atoms with Gasteiger partial charge in [-0.3, -0.25) is 14.9 Å². The molecule has 0 aromatic heterocycles. The van der Waals surface area contributed by atoms with E-state index in [0.29, 0.717) is 84.1 Å². The Bertz CT molecular complexity index is 1710. The number of piperidine rings is 1. The number of ether oxygens (including phenoxy) is 3. The molecule has 5 aliphatic heterocycles. The van der Waals surface area contributed by atoms with Crippen LogP contribution in [0, 0.1) is 57.7 Å². The van der Waals surface area contributed by atoms with Gasteiger partial charge in [0.1, 0.15) is 18.4 Å². The number of nitrogens with zero attached hydrogens (tertiary/aromatic N) is 1. The van der Waals surface area contributed by atoms with E-state index in [0.717, 1.165) is 30.4 Å². The van der Waals surface area contributed by atoms with Gasteiger partial charge in [0, 0.05) is 44.6 Å². The number of Topliss-reactive ketones (excluding diaryl/α,β-unsaturated/α-hetero) is 1. The average Bonchev–Trinajstić information content (AvgIpc) is 3.78. The van der Waals surface area contributed by atoms with E-state index < -0.39 is 63.9 Å². The molecule has 6 N–H and O–H groups in total. The molecule has 12 heteroatoms. The number of amides is 1. The minimum atomic E-state index is -1.68. The van der Waals surface area contributed by atoms with Gasteiger partial charge in [-0.05, 0) is 131 Å². The maximum Gasteiger partial charge on any atom is 0.240 e. The smallest absolute Gasteiger partial charge is 0.240 e. The van der Waals surface area contributed by atoms with Crippen LogP contribution in [0.1, 0.15) is 97.8 Å². The third-order valence-corrected chi connectivity index (χ3v) is 17.5. The summed E-state index contributed by atoms with van der Waals surface area (Å²) < 4.78 is 18.2. The van der Waals surface area contributed by atoms with Crippen LogP contribution in [0.25, 0.3) is 0 Å². The van der Waals surface area contributed by atoms with Gasteiger partial charge in [-0.1, -0.05) is 19.8 Å². The number of hydrogen-bond acceptors (Lipinski definition) is 11. The highest BCUT2D eigenvalue weighted by Crippen LogP contribution is 2.77. The first-order valence-corrected chi connectivity index (χ1v) is 21.7. The quantitative estimate of drug-likeness (QED) is 0.121. The van der Waals surface area contributed by atoms with Gasteiger partial charge in [0.15, 0.2) is 5.78 Å². The number of aliphatic hydroxyl groups is 4. The molecule has 0 aromatic carbocycles. The number of hydrogen-bond donors (Lipinski definition) is 6. The van der Waals surface area contributed by atoms with Gasteiger partial charge in [-0.25, -0.2) is 0 Å². The molecule has 0 radical (unpaired) electrons. The molecule has 3 saturated heterocycles. The number of carbonyl (C=O) groups excluding carboxylic acids is 2. The Labute approximate surface area is 331 Å². The summed E-state index contributed by atoms with van der Waals surface area (Å²) in [5.74, 6) is 6.05. The summed E-state index contributed by atoms with van der Waals surface area (Å²) in [6.45, 7) is 8.48. The predicted octanol–water partition coefficient (Wildman–Crippen LogP) is 2.06. The fourth-order valence-corrected chi connectivity index (χ4v) is 14.4. The van der Waals surface area contributed by atoms with Crippen molar-refractivity contribution in [2.75, 3.05) is 40.5 Å². The zero-order valence-corrected chi connectivity index (χ0v) is 34.0. The molecule has 0 aromatic rings. The molecule has 10 rings (SSSR count). The zero-order chi connectivity index (χ0) is 39.6. The lowest BCUT2D eigenvalue weighted by molar-refractivity contribution is -0.208. The number of rotatable bonds is 8. The highest BCUT2D eigenvalue weighted by Gasteiger charge is 2.78. The van der Waals surface area contributed by atoms with Crippen LogP contribution in [0.2, 0.25) is 0 Å². The van der Waals surface area contributed by atoms with E-state index in [-0.39, 0.29) is 47.5 Å². The Morgan fingerprint density at radius 2 is 1.82 bits per heavy atom. The number of allylic oxidation sites excluding steroid dienone is 1. The average molecular weight is 780 g/mol. The molecule has 1 amide bonds. The van der Waals surface area contributed by atoms with Crippen LogP contribution in [0.15, 0.2) is 11.1 Å². The van der Waals surface area contributed by atoms with Crippen molar-refractivity contribution in [3.05, 3.63) is 11.1 Å². The summed E-state index contributed by atoms with van der Waals surface area (Å²) in [6.07, 6.45) is 3.53. The Balaban J connectivity index is 1.16. The molecule has 7 bridgehead atoms. The van der Waals surface area contributed by atoms with Gasteiger partial charge >= 0.3 is 0 Å². The lowest BCUT2D eigenvalue weighted by Crippen LogP contribution is -2.69. The van der Waals surface area contributed by atoms with E-state index in [4.69, 9.17) is 14.2 Å². The fraction of sp³-hybridized carbons (Fsp3) is 0.864. The predicted molar refractivity (Wildman–Crippen MR) is 206 cm³/mol. The summed E-state index contributed by atoms with van der Waals surface area (Å²) >= 11 is 0. The summed E-state index contributed by atoms with van der Waals surface area (Å²) in [6, 6.07) is -0.640. The SMILES string of the molecule is CNCCC1C2CC3NC(O)C2OC1C(O)C(C)(O)C1CC2CCC4=C5C(C#CCC6CN6C3=O)(CCC1(C)C52O)C1(C)CCC(OCCCOC)CC1C4=O. The number of fused-ring (bicyclic) bond motifs is 4. The van der Waals surface area contributed by atoms with Crippen LogP contribution in [0.4, 0.5) is 0 Å². The Hall–Kier alpha value is -1.92. The first-order chi connectivity index (χ1) is 26.7. The number of methoxy groups -OCH3 is 1. The fourth-order valence-electron chi connectivity index (χ4n) is 14.4. The molecule has 12 nitrogen and oxygen atoms in total. The van der Waals surface area contributed by atoms with Crippen LogP contribution in [0.3, 0.4) is 0 Å². The normalized spacial score (nSPS) is 51.6. The van der Waals surface area contributed by atoms with Gasteiger partial charge in [-0.15, -0.1) is 5.92 Å². The number of aliphatic hydroxyl groups excluding tert-OH is 2. The number of ketones is 1. The van der Waals surface area contributed by atoms with Crippen molar-refractivity contribution in [2.24, 2.45) is 45.8 Å². The van der Waals surface area contributed by atoms with Crippen LogP contribution >= 0.6 is 0 Å². The van der Waals surface area contributed by atoms with Gasteiger partial charge in [0.25, 0.3) is 0 Å². The van der Waals surface area contributed by atoms with Crippen molar-refractivity contribution < 1.29 is 44.2 Å². The molecule has 5 heterocycles. The largest absolute Gasteiger partial charge is 0.387 e. The first kappa shape index (κ1) is 39.5. The van der Waals surface area contributed by atoms with E-state index >= 15 is 4.79 Å². The van der Waals surface area contributed by atoms with Crippen LogP contribution in [-0.2, 0) is 23.8 Å². The van der Waals surface area contributed by atoms with Crippen LogP contribution < -0.4 is 10.6 Å². The molecular formula is C44H65N3O9. The molecule has 17 unspecified atom stereocenters. The first-order valence-electron chi connectivity index (χ1n) is 21.7. The minimum absolute atomic E-state index is 0.0389. The number of nitrogens with one attached hydrogen (secondary N) is 2. The summed E-state index contributed by atoms with van der Waals surface area (Å²) in [5, 5.41) is 57.0. The molecular weight excluding hydrogens is 714 g/mol. The van der Waals surface area contributed by atoms with Crippen molar-refractivity contribution in [1.29, 1.82) is 0 Å². The van der Waals surface area contributed by atoms with Crippen molar-refractivity contribution in [3.63, 3.8) is 0 Å². The molecule has 1 spiro atoms. The van der Waals surface area contributed by atoms with Gasteiger partial charge in [-0.2, -0.15) is 0 Å². The summed E-state index contributed by atoms with van der Waals surface area (Å²) in [5.41, 5.74) is -3.73. The van der Waals surface area contributed by atoms with Crippen molar-refractivity contribution in [3.8, 4) is 11.8 Å². The third-order valence-electron chi connectivity index (χ3n) is 17.5. The standard InChI is InChI=1S/C44H65N3O9/c1-40-14-11-26(55-19-7-18-54-5)21-30(40)33(48)28-10-9-24-20-32-41(2)15-16-43(40,36(28)44(24,41)53)13-6-8-25-23-47(25)39(51)31-22-29-27(12-17-45-4)34(37(49)42(32,3)52)56-35(29)38(50)46-31/h24-27,29-32,34-35,37-38,45-46,49-50,52-53H,7-12,14-23H2,1-5H3. The van der Waals surface area contributed by atoms with E-state index in [1.165, 1.54) is 0 Å². The minimum Gasteiger partial charge on any atom is -0.387 e. The van der Waals surface area contributed by atoms with Crippen molar-refractivity contribution in [2.45, 2.75) is 152 Å². The van der Waals surface area contributed by atoms with Gasteiger partial charge < -0.3 is 44.9 Å². The van der Waals surface area contributed by atoms with E-state index in [2.05, 4.69) is 36.3 Å². The second-order valence-electron chi connectivity index (χ2n) is 19.9. The second kappa shape index (κ2) is 13.8. The Kier molecular flexibility index (Phi) is 9.75. The highest BCUT2D eigenvalue weighted by molar-refractivity contribution is 6.01. The lowest BCUT2D eigenvalue weighted by atomic mass is 9.37. The highest BCUT2D eigenvalue weighted by atomic mass is 16.5. The monoisotopic (exact) mass is 779 g/mol. The molecule has 10 aliphatic rings. The second-order valence-corrected chi connectivity index (χ2v) is 19.9. The van der Waals surface area contributed by atoms with Crippen molar-refractivity contribution >= 4 is 11.7 Å². The third kappa shape index (κ3) is 5.37.